The highest BCUT2D eigenvalue weighted by Crippen LogP contribution is 2.35. The van der Waals surface area contributed by atoms with E-state index in [1.807, 2.05) is 0 Å². The molecule has 1 saturated carbocycles. The largest absolute Gasteiger partial charge is 0.478 e. The molecule has 1 aromatic heterocycles. The fourth-order valence-corrected chi connectivity index (χ4v) is 2.10. The molecule has 8 heteroatoms. The lowest BCUT2D eigenvalue weighted by molar-refractivity contribution is -0.120. The predicted molar refractivity (Wildman–Crippen MR) is 67.4 cm³/mol. The van der Waals surface area contributed by atoms with Gasteiger partial charge in [-0.25, -0.2) is 4.79 Å². The predicted octanol–water partition coefficient (Wildman–Crippen LogP) is 3.06. The van der Waals surface area contributed by atoms with Gasteiger partial charge in [0.2, 0.25) is 0 Å². The number of carbonyl (C=O) groups is 1. The molecule has 0 bridgehead atoms. The van der Waals surface area contributed by atoms with Crippen molar-refractivity contribution in [1.82, 2.24) is 4.98 Å². The summed E-state index contributed by atoms with van der Waals surface area (Å²) in [5, 5.41) is 8.89. The first kappa shape index (κ1) is 13.7. The summed E-state index contributed by atoms with van der Waals surface area (Å²) in [5.74, 6) is -1.14. The van der Waals surface area contributed by atoms with E-state index in [2.05, 4.69) is 4.98 Å². The lowest BCUT2D eigenvalue weighted by atomic mass is 10.2. The van der Waals surface area contributed by atoms with Crippen LogP contribution < -0.4 is 4.90 Å². The summed E-state index contributed by atoms with van der Waals surface area (Å²) in [5.41, 5.74) is 0.500. The zero-order chi connectivity index (χ0) is 15.2. The van der Waals surface area contributed by atoms with Gasteiger partial charge in [0, 0.05) is 6.04 Å². The van der Waals surface area contributed by atoms with Crippen LogP contribution in [-0.4, -0.2) is 34.8 Å². The summed E-state index contributed by atoms with van der Waals surface area (Å²) in [7, 11) is 0. The molecule has 0 saturated heterocycles. The van der Waals surface area contributed by atoms with Crippen molar-refractivity contribution in [2.24, 2.45) is 0 Å². The van der Waals surface area contributed by atoms with Crippen molar-refractivity contribution in [1.29, 1.82) is 0 Å². The number of carboxylic acids is 1. The smallest absolute Gasteiger partial charge is 0.406 e. The van der Waals surface area contributed by atoms with Gasteiger partial charge < -0.3 is 14.4 Å². The quantitative estimate of drug-likeness (QED) is 0.940. The zero-order valence-electron chi connectivity index (χ0n) is 10.7. The average molecular weight is 300 g/mol. The maximum atomic E-state index is 12.6. The van der Waals surface area contributed by atoms with Crippen molar-refractivity contribution in [2.75, 3.05) is 11.4 Å². The number of halogens is 3. The van der Waals surface area contributed by atoms with E-state index in [9.17, 15) is 18.0 Å². The van der Waals surface area contributed by atoms with Gasteiger partial charge >= 0.3 is 12.1 Å². The molecule has 1 aliphatic rings. The number of fused-ring (bicyclic) bond motifs is 1. The number of oxazole rings is 1. The molecule has 1 heterocycles. The molecule has 2 aromatic rings. The Hall–Kier alpha value is -2.25. The SMILES string of the molecule is O=C(O)c1ccc2nc(N(CC(F)(F)F)C3CC3)oc2c1. The highest BCUT2D eigenvalue weighted by Gasteiger charge is 2.40. The van der Waals surface area contributed by atoms with E-state index in [1.165, 1.54) is 18.2 Å². The zero-order valence-corrected chi connectivity index (χ0v) is 10.7. The molecule has 0 aliphatic heterocycles. The summed E-state index contributed by atoms with van der Waals surface area (Å²) in [6.45, 7) is -1.13. The molecule has 0 radical (unpaired) electrons. The molecule has 0 unspecified atom stereocenters. The summed E-state index contributed by atoms with van der Waals surface area (Å²) >= 11 is 0. The first-order valence-corrected chi connectivity index (χ1v) is 6.31. The summed E-state index contributed by atoms with van der Waals surface area (Å²) in [6, 6.07) is 3.67. The number of rotatable bonds is 4. The van der Waals surface area contributed by atoms with Gasteiger partial charge in [0.05, 0.1) is 5.56 Å². The molecule has 21 heavy (non-hydrogen) atoms. The minimum Gasteiger partial charge on any atom is -0.478 e. The van der Waals surface area contributed by atoms with Gasteiger partial charge in [-0.2, -0.15) is 18.2 Å². The second-order valence-electron chi connectivity index (χ2n) is 4.96. The normalized spacial score (nSPS) is 15.4. The van der Waals surface area contributed by atoms with Crippen LogP contribution in [0.25, 0.3) is 11.1 Å². The van der Waals surface area contributed by atoms with E-state index >= 15 is 0 Å². The Kier molecular flexibility index (Phi) is 3.03. The average Bonchev–Trinajstić information content (AvgIpc) is 3.12. The molecule has 5 nitrogen and oxygen atoms in total. The van der Waals surface area contributed by atoms with Crippen molar-refractivity contribution >= 4 is 23.1 Å². The maximum absolute atomic E-state index is 12.6. The molecule has 1 aliphatic carbocycles. The number of benzene rings is 1. The van der Waals surface area contributed by atoms with Crippen LogP contribution in [0, 0.1) is 0 Å². The van der Waals surface area contributed by atoms with Crippen LogP contribution in [-0.2, 0) is 0 Å². The van der Waals surface area contributed by atoms with E-state index in [4.69, 9.17) is 9.52 Å². The summed E-state index contributed by atoms with van der Waals surface area (Å²) in [6.07, 6.45) is -3.03. The van der Waals surface area contributed by atoms with Crippen molar-refractivity contribution in [2.45, 2.75) is 25.1 Å². The molecule has 1 N–H and O–H groups in total. The van der Waals surface area contributed by atoms with Gasteiger partial charge in [0.15, 0.2) is 5.58 Å². The molecule has 0 amide bonds. The van der Waals surface area contributed by atoms with Crippen LogP contribution in [0.1, 0.15) is 23.2 Å². The molecule has 0 atom stereocenters. The number of carboxylic acid groups (broad SMARTS) is 1. The monoisotopic (exact) mass is 300 g/mol. The van der Waals surface area contributed by atoms with Gasteiger partial charge in [-0.15, -0.1) is 0 Å². The van der Waals surface area contributed by atoms with Crippen LogP contribution >= 0.6 is 0 Å². The number of alkyl halides is 3. The Balaban J connectivity index is 1.96. The minimum absolute atomic E-state index is 0.000932. The van der Waals surface area contributed by atoms with Crippen LogP contribution in [0.5, 0.6) is 0 Å². The van der Waals surface area contributed by atoms with Gasteiger partial charge in [-0.05, 0) is 31.0 Å². The number of hydrogen-bond acceptors (Lipinski definition) is 4. The fourth-order valence-electron chi connectivity index (χ4n) is 2.10. The third-order valence-electron chi connectivity index (χ3n) is 3.21. The second kappa shape index (κ2) is 4.64. The van der Waals surface area contributed by atoms with Crippen molar-refractivity contribution in [3.05, 3.63) is 23.8 Å². The Morgan fingerprint density at radius 1 is 1.43 bits per heavy atom. The topological polar surface area (TPSA) is 66.6 Å². The Morgan fingerprint density at radius 3 is 2.71 bits per heavy atom. The number of anilines is 1. The lowest BCUT2D eigenvalue weighted by Crippen LogP contribution is -2.36. The Morgan fingerprint density at radius 2 is 2.14 bits per heavy atom. The molecule has 0 spiro atoms. The minimum atomic E-state index is -4.35. The molecule has 1 fully saturated rings. The summed E-state index contributed by atoms with van der Waals surface area (Å²) < 4.78 is 43.2. The number of aromatic carboxylic acids is 1. The maximum Gasteiger partial charge on any atom is 0.406 e. The van der Waals surface area contributed by atoms with Crippen LogP contribution in [0.3, 0.4) is 0 Å². The first-order valence-electron chi connectivity index (χ1n) is 6.31. The Labute approximate surface area is 117 Å². The van der Waals surface area contributed by atoms with Crippen LogP contribution in [0.15, 0.2) is 22.6 Å². The lowest BCUT2D eigenvalue weighted by Gasteiger charge is -2.21. The van der Waals surface area contributed by atoms with Gasteiger partial charge in [-0.3, -0.25) is 0 Å². The van der Waals surface area contributed by atoms with Crippen molar-refractivity contribution in [3.63, 3.8) is 0 Å². The van der Waals surface area contributed by atoms with E-state index in [-0.39, 0.29) is 23.2 Å². The highest BCUT2D eigenvalue weighted by atomic mass is 19.4. The highest BCUT2D eigenvalue weighted by molar-refractivity contribution is 5.92. The third-order valence-corrected chi connectivity index (χ3v) is 3.21. The van der Waals surface area contributed by atoms with Crippen LogP contribution in [0.2, 0.25) is 0 Å². The molecular formula is C13H11F3N2O3. The molecular weight excluding hydrogens is 289 g/mol. The Bertz CT molecular complexity index is 692. The van der Waals surface area contributed by atoms with E-state index in [0.29, 0.717) is 18.4 Å². The molecule has 3 rings (SSSR count). The van der Waals surface area contributed by atoms with Gasteiger partial charge in [0.25, 0.3) is 6.01 Å². The van der Waals surface area contributed by atoms with Gasteiger partial charge in [-0.1, -0.05) is 0 Å². The molecule has 112 valence electrons. The second-order valence-corrected chi connectivity index (χ2v) is 4.96. The fraction of sp³-hybridized carbons (Fsp3) is 0.385. The van der Waals surface area contributed by atoms with Crippen molar-refractivity contribution in [3.8, 4) is 0 Å². The summed E-state index contributed by atoms with van der Waals surface area (Å²) in [4.78, 5) is 16.0. The van der Waals surface area contributed by atoms with E-state index in [0.717, 1.165) is 4.90 Å². The number of aromatic nitrogens is 1. The van der Waals surface area contributed by atoms with E-state index in [1.54, 1.807) is 0 Å². The number of hydrogen-bond donors (Lipinski definition) is 1. The molecule has 1 aromatic carbocycles. The van der Waals surface area contributed by atoms with Crippen LogP contribution in [0.4, 0.5) is 19.2 Å². The van der Waals surface area contributed by atoms with E-state index < -0.39 is 18.7 Å². The third kappa shape index (κ3) is 2.93. The number of nitrogens with zero attached hydrogens (tertiary/aromatic N) is 2. The van der Waals surface area contributed by atoms with Gasteiger partial charge in [0.1, 0.15) is 12.1 Å². The standard InChI is InChI=1S/C13H11F3N2O3/c14-13(15,16)6-18(8-2-3-8)12-17-9-4-1-7(11(19)20)5-10(9)21-12/h1,4-5,8H,2-3,6H2,(H,19,20). The van der Waals surface area contributed by atoms with Crippen molar-refractivity contribution < 1.29 is 27.5 Å². The first-order chi connectivity index (χ1) is 9.83.